The lowest BCUT2D eigenvalue weighted by molar-refractivity contribution is 0.0955. The summed E-state index contributed by atoms with van der Waals surface area (Å²) in [6.07, 6.45) is 6.17. The Labute approximate surface area is 175 Å². The van der Waals surface area contributed by atoms with Gasteiger partial charge in [0.1, 0.15) is 0 Å². The third kappa shape index (κ3) is 7.00. The monoisotopic (exact) mass is 446 g/mol. The Hall–Kier alpha value is -2.34. The molecule has 2 aromatic carbocycles. The third-order valence-corrected chi connectivity index (χ3v) is 4.58. The van der Waals surface area contributed by atoms with Gasteiger partial charge in [0.15, 0.2) is 11.5 Å². The molecule has 150 valence electrons. The highest BCUT2D eigenvalue weighted by Crippen LogP contribution is 2.36. The normalized spacial score (nSPS) is 10.8. The molecule has 0 spiro atoms. The summed E-state index contributed by atoms with van der Waals surface area (Å²) in [5.74, 6) is 1.10. The van der Waals surface area contributed by atoms with Crippen LogP contribution in [0.2, 0.25) is 0 Å². The molecule has 28 heavy (non-hydrogen) atoms. The number of amides is 1. The van der Waals surface area contributed by atoms with Gasteiger partial charge in [0.2, 0.25) is 0 Å². The van der Waals surface area contributed by atoms with E-state index in [0.29, 0.717) is 30.3 Å². The Morgan fingerprint density at radius 1 is 1.11 bits per heavy atom. The van der Waals surface area contributed by atoms with E-state index in [2.05, 4.69) is 33.4 Å². The number of nitrogens with one attached hydrogen (secondary N) is 1. The van der Waals surface area contributed by atoms with Crippen LogP contribution in [0.25, 0.3) is 0 Å². The number of rotatable bonds is 11. The average molecular weight is 447 g/mol. The van der Waals surface area contributed by atoms with Crippen LogP contribution < -0.4 is 14.9 Å². The zero-order valence-corrected chi connectivity index (χ0v) is 18.0. The smallest absolute Gasteiger partial charge is 0.271 e. The van der Waals surface area contributed by atoms with E-state index in [1.165, 1.54) is 12.8 Å². The van der Waals surface area contributed by atoms with Gasteiger partial charge in [-0.2, -0.15) is 5.10 Å². The van der Waals surface area contributed by atoms with Crippen LogP contribution >= 0.6 is 15.9 Å². The second-order valence-electron chi connectivity index (χ2n) is 6.24. The zero-order valence-electron chi connectivity index (χ0n) is 16.4. The summed E-state index contributed by atoms with van der Waals surface area (Å²) in [6, 6.07) is 12.7. The molecule has 2 aromatic rings. The maximum Gasteiger partial charge on any atom is 0.271 e. The number of unbranched alkanes of at least 4 members (excludes halogenated alkanes) is 3. The summed E-state index contributed by atoms with van der Waals surface area (Å²) < 4.78 is 12.5. The van der Waals surface area contributed by atoms with Crippen molar-refractivity contribution in [3.8, 4) is 11.5 Å². The molecular weight excluding hydrogens is 420 g/mol. The van der Waals surface area contributed by atoms with Gasteiger partial charge in [-0.05, 0) is 59.1 Å². The van der Waals surface area contributed by atoms with E-state index in [-0.39, 0.29) is 5.91 Å². The second-order valence-corrected chi connectivity index (χ2v) is 7.09. The first-order valence-electron chi connectivity index (χ1n) is 9.63. The van der Waals surface area contributed by atoms with Gasteiger partial charge in [-0.15, -0.1) is 0 Å². The van der Waals surface area contributed by atoms with Crippen molar-refractivity contribution in [1.82, 2.24) is 5.43 Å². The summed E-state index contributed by atoms with van der Waals surface area (Å²) in [4.78, 5) is 12.0. The summed E-state index contributed by atoms with van der Waals surface area (Å²) in [5.41, 5.74) is 3.88. The van der Waals surface area contributed by atoms with Crippen LogP contribution in [-0.2, 0) is 0 Å². The molecule has 0 aliphatic heterocycles. The van der Waals surface area contributed by atoms with E-state index in [0.717, 1.165) is 22.9 Å². The molecule has 0 fully saturated rings. The minimum absolute atomic E-state index is 0.256. The van der Waals surface area contributed by atoms with Crippen molar-refractivity contribution in [2.45, 2.75) is 39.5 Å². The highest BCUT2D eigenvalue weighted by Gasteiger charge is 2.12. The van der Waals surface area contributed by atoms with E-state index in [1.54, 1.807) is 18.3 Å². The molecule has 0 aromatic heterocycles. The van der Waals surface area contributed by atoms with Crippen molar-refractivity contribution in [2.24, 2.45) is 5.10 Å². The molecule has 0 bridgehead atoms. The molecule has 0 aliphatic carbocycles. The van der Waals surface area contributed by atoms with Crippen LogP contribution in [0.1, 0.15) is 55.5 Å². The van der Waals surface area contributed by atoms with Gasteiger partial charge in [-0.25, -0.2) is 5.43 Å². The van der Waals surface area contributed by atoms with Crippen LogP contribution in [0, 0.1) is 0 Å². The summed E-state index contributed by atoms with van der Waals surface area (Å²) >= 11 is 3.55. The van der Waals surface area contributed by atoms with Crippen LogP contribution in [-0.4, -0.2) is 25.3 Å². The third-order valence-electron chi connectivity index (χ3n) is 3.99. The van der Waals surface area contributed by atoms with Gasteiger partial charge in [-0.3, -0.25) is 4.79 Å². The number of nitrogens with zero attached hydrogens (tertiary/aromatic N) is 1. The number of hydrogen-bond acceptors (Lipinski definition) is 4. The molecule has 0 heterocycles. The Morgan fingerprint density at radius 3 is 2.61 bits per heavy atom. The zero-order chi connectivity index (χ0) is 20.2. The van der Waals surface area contributed by atoms with E-state index < -0.39 is 0 Å². The molecule has 1 amide bonds. The van der Waals surface area contributed by atoms with Crippen molar-refractivity contribution >= 4 is 28.1 Å². The van der Waals surface area contributed by atoms with Gasteiger partial charge in [0.25, 0.3) is 5.91 Å². The van der Waals surface area contributed by atoms with Gasteiger partial charge in [-0.1, -0.05) is 44.4 Å². The number of carbonyl (C=O) groups is 1. The van der Waals surface area contributed by atoms with Crippen molar-refractivity contribution < 1.29 is 14.3 Å². The fourth-order valence-electron chi connectivity index (χ4n) is 2.59. The largest absolute Gasteiger partial charge is 0.490 e. The number of halogens is 1. The summed E-state index contributed by atoms with van der Waals surface area (Å²) in [5, 5.41) is 4.04. The van der Waals surface area contributed by atoms with Gasteiger partial charge >= 0.3 is 0 Å². The lowest BCUT2D eigenvalue weighted by Gasteiger charge is -2.14. The SMILES string of the molecule is CCCCCCOc1c(Br)cc(C=NNC(=O)c2ccccc2)cc1OCC. The molecule has 0 aliphatic rings. The summed E-state index contributed by atoms with van der Waals surface area (Å²) in [6.45, 7) is 5.30. The van der Waals surface area contributed by atoms with Crippen molar-refractivity contribution in [3.63, 3.8) is 0 Å². The highest BCUT2D eigenvalue weighted by atomic mass is 79.9. The fraction of sp³-hybridized carbons (Fsp3) is 0.364. The van der Waals surface area contributed by atoms with Crippen molar-refractivity contribution in [1.29, 1.82) is 0 Å². The van der Waals surface area contributed by atoms with E-state index >= 15 is 0 Å². The molecule has 0 unspecified atom stereocenters. The van der Waals surface area contributed by atoms with Crippen molar-refractivity contribution in [2.75, 3.05) is 13.2 Å². The average Bonchev–Trinajstić information content (AvgIpc) is 2.70. The standard InChI is InChI=1S/C22H27BrN2O3/c1-3-5-6-10-13-28-21-19(23)14-17(15-20(21)27-4-2)16-24-25-22(26)18-11-8-7-9-12-18/h7-9,11-12,14-16H,3-6,10,13H2,1-2H3,(H,25,26). The number of hydrazone groups is 1. The maximum atomic E-state index is 12.0. The molecular formula is C22H27BrN2O3. The molecule has 0 saturated carbocycles. The Bertz CT molecular complexity index is 779. The number of ether oxygens (including phenoxy) is 2. The topological polar surface area (TPSA) is 59.9 Å². The van der Waals surface area contributed by atoms with E-state index in [1.807, 2.05) is 37.3 Å². The molecule has 0 radical (unpaired) electrons. The fourth-order valence-corrected chi connectivity index (χ4v) is 3.16. The molecule has 6 heteroatoms. The first-order valence-corrected chi connectivity index (χ1v) is 10.4. The first-order chi connectivity index (χ1) is 13.7. The van der Waals surface area contributed by atoms with Crippen molar-refractivity contribution in [3.05, 3.63) is 58.1 Å². The van der Waals surface area contributed by atoms with E-state index in [9.17, 15) is 4.79 Å². The molecule has 2 rings (SSSR count). The lowest BCUT2D eigenvalue weighted by atomic mass is 10.2. The van der Waals surface area contributed by atoms with Crippen LogP contribution in [0.15, 0.2) is 52.0 Å². The second kappa shape index (κ2) is 12.2. The highest BCUT2D eigenvalue weighted by molar-refractivity contribution is 9.10. The maximum absolute atomic E-state index is 12.0. The minimum Gasteiger partial charge on any atom is -0.490 e. The number of benzene rings is 2. The predicted molar refractivity (Wildman–Crippen MR) is 116 cm³/mol. The first kappa shape index (κ1) is 22.0. The Kier molecular flexibility index (Phi) is 9.55. The molecule has 1 N–H and O–H groups in total. The quantitative estimate of drug-likeness (QED) is 0.278. The minimum atomic E-state index is -0.256. The number of carbonyl (C=O) groups excluding carboxylic acids is 1. The van der Waals surface area contributed by atoms with Crippen LogP contribution in [0.4, 0.5) is 0 Å². The summed E-state index contributed by atoms with van der Waals surface area (Å²) in [7, 11) is 0. The molecule has 5 nitrogen and oxygen atoms in total. The van der Waals surface area contributed by atoms with Crippen LogP contribution in [0.5, 0.6) is 11.5 Å². The van der Waals surface area contributed by atoms with E-state index in [4.69, 9.17) is 9.47 Å². The number of hydrogen-bond donors (Lipinski definition) is 1. The lowest BCUT2D eigenvalue weighted by Crippen LogP contribution is -2.17. The Morgan fingerprint density at radius 2 is 1.89 bits per heavy atom. The molecule has 0 atom stereocenters. The van der Waals surface area contributed by atoms with Crippen LogP contribution in [0.3, 0.4) is 0 Å². The van der Waals surface area contributed by atoms with Gasteiger partial charge in [0, 0.05) is 5.56 Å². The van der Waals surface area contributed by atoms with Gasteiger partial charge in [0.05, 0.1) is 23.9 Å². The van der Waals surface area contributed by atoms with Gasteiger partial charge < -0.3 is 9.47 Å². The Balaban J connectivity index is 2.03. The molecule has 0 saturated heterocycles. The predicted octanol–water partition coefficient (Wildman–Crippen LogP) is 5.57.